The first kappa shape index (κ1) is 20.1. The van der Waals surface area contributed by atoms with Crippen molar-refractivity contribution in [1.29, 1.82) is 0 Å². The lowest BCUT2D eigenvalue weighted by molar-refractivity contribution is -0.155. The van der Waals surface area contributed by atoms with E-state index in [1.807, 2.05) is 6.92 Å². The Morgan fingerprint density at radius 1 is 1.22 bits per heavy atom. The maximum atomic E-state index is 11.8. The van der Waals surface area contributed by atoms with E-state index in [1.165, 1.54) is 0 Å². The average Bonchev–Trinajstić information content (AvgIpc) is 2.49. The largest absolute Gasteiger partial charge is 0.485 e. The summed E-state index contributed by atoms with van der Waals surface area (Å²) in [6.07, 6.45) is 1.04. The van der Waals surface area contributed by atoms with Crippen molar-refractivity contribution < 1.29 is 14.3 Å². The van der Waals surface area contributed by atoms with Gasteiger partial charge in [-0.2, -0.15) is 0 Å². The predicted molar refractivity (Wildman–Crippen MR) is 94.2 cm³/mol. The zero-order valence-electron chi connectivity index (χ0n) is 14.0. The predicted octanol–water partition coefficient (Wildman–Crippen LogP) is 4.46. The van der Waals surface area contributed by atoms with Crippen LogP contribution in [0.5, 0.6) is 5.75 Å². The molecule has 23 heavy (non-hydrogen) atoms. The van der Waals surface area contributed by atoms with Crippen LogP contribution in [0, 0.1) is 5.92 Å². The number of carbonyl (C=O) groups excluding carboxylic acids is 1. The number of nitrogens with two attached hydrogens (primary N) is 1. The van der Waals surface area contributed by atoms with Crippen LogP contribution in [0.4, 0.5) is 0 Å². The number of hydrogen-bond donors (Lipinski definition) is 1. The minimum absolute atomic E-state index is 0.220. The van der Waals surface area contributed by atoms with E-state index in [2.05, 4.69) is 13.8 Å². The van der Waals surface area contributed by atoms with Crippen molar-refractivity contribution in [3.8, 4) is 5.75 Å². The lowest BCUT2D eigenvalue weighted by Crippen LogP contribution is -2.42. The van der Waals surface area contributed by atoms with Crippen LogP contribution in [0.25, 0.3) is 0 Å². The SMILES string of the molecule is CCC(CC)[C@@H](Oc1ccc(Cl)cc1Cl)[C@H](C)OC(=O)[C@H](C)N. The molecule has 0 amide bonds. The second-order valence-corrected chi connectivity index (χ2v) is 6.51. The first-order chi connectivity index (χ1) is 10.8. The number of rotatable bonds is 8. The molecule has 1 rings (SSSR count). The van der Waals surface area contributed by atoms with E-state index in [0.717, 1.165) is 12.8 Å². The summed E-state index contributed by atoms with van der Waals surface area (Å²) in [7, 11) is 0. The van der Waals surface area contributed by atoms with E-state index in [-0.39, 0.29) is 12.0 Å². The molecule has 1 aromatic rings. The summed E-state index contributed by atoms with van der Waals surface area (Å²) in [6, 6.07) is 4.39. The summed E-state index contributed by atoms with van der Waals surface area (Å²) >= 11 is 12.1. The van der Waals surface area contributed by atoms with Crippen LogP contribution in [0.2, 0.25) is 10.0 Å². The Morgan fingerprint density at radius 3 is 2.30 bits per heavy atom. The smallest absolute Gasteiger partial charge is 0.323 e. The highest BCUT2D eigenvalue weighted by Gasteiger charge is 2.30. The van der Waals surface area contributed by atoms with Crippen LogP contribution < -0.4 is 10.5 Å². The summed E-state index contributed by atoms with van der Waals surface area (Å²) in [5.74, 6) is 0.300. The van der Waals surface area contributed by atoms with Crippen molar-refractivity contribution in [2.75, 3.05) is 0 Å². The van der Waals surface area contributed by atoms with Crippen LogP contribution in [0.1, 0.15) is 40.5 Å². The van der Waals surface area contributed by atoms with Crippen molar-refractivity contribution in [2.45, 2.75) is 58.8 Å². The van der Waals surface area contributed by atoms with Gasteiger partial charge < -0.3 is 15.2 Å². The molecule has 0 bridgehead atoms. The van der Waals surface area contributed by atoms with Gasteiger partial charge in [-0.3, -0.25) is 4.79 Å². The van der Waals surface area contributed by atoms with Crippen LogP contribution >= 0.6 is 23.2 Å². The Balaban J connectivity index is 2.98. The van der Waals surface area contributed by atoms with E-state index in [0.29, 0.717) is 15.8 Å². The second kappa shape index (κ2) is 9.36. The van der Waals surface area contributed by atoms with Gasteiger partial charge in [0.1, 0.15) is 24.0 Å². The zero-order chi connectivity index (χ0) is 17.6. The molecule has 6 heteroatoms. The number of hydrogen-bond acceptors (Lipinski definition) is 4. The van der Waals surface area contributed by atoms with Crippen molar-refractivity contribution in [3.05, 3.63) is 28.2 Å². The molecule has 0 aliphatic rings. The summed E-state index contributed by atoms with van der Waals surface area (Å²) in [4.78, 5) is 11.8. The van der Waals surface area contributed by atoms with Gasteiger partial charge in [0.05, 0.1) is 5.02 Å². The molecule has 0 radical (unpaired) electrons. The number of halogens is 2. The summed E-state index contributed by atoms with van der Waals surface area (Å²) in [5.41, 5.74) is 5.57. The normalized spacial score (nSPS) is 15.1. The fourth-order valence-corrected chi connectivity index (χ4v) is 2.86. The lowest BCUT2D eigenvalue weighted by atomic mass is 9.93. The number of esters is 1. The molecule has 0 heterocycles. The third-order valence-electron chi connectivity index (χ3n) is 3.81. The van der Waals surface area contributed by atoms with Crippen molar-refractivity contribution in [2.24, 2.45) is 11.7 Å². The van der Waals surface area contributed by atoms with Gasteiger partial charge in [0.2, 0.25) is 0 Å². The molecule has 3 atom stereocenters. The molecule has 130 valence electrons. The van der Waals surface area contributed by atoms with Crippen molar-refractivity contribution in [1.82, 2.24) is 0 Å². The van der Waals surface area contributed by atoms with Crippen LogP contribution in [-0.4, -0.2) is 24.2 Å². The zero-order valence-corrected chi connectivity index (χ0v) is 15.5. The third kappa shape index (κ3) is 5.87. The van der Waals surface area contributed by atoms with Gasteiger partial charge >= 0.3 is 5.97 Å². The van der Waals surface area contributed by atoms with Gasteiger partial charge in [-0.05, 0) is 50.8 Å². The van der Waals surface area contributed by atoms with E-state index < -0.39 is 18.1 Å². The van der Waals surface area contributed by atoms with Crippen molar-refractivity contribution in [3.63, 3.8) is 0 Å². The molecule has 0 aliphatic heterocycles. The quantitative estimate of drug-likeness (QED) is 0.694. The molecule has 2 N–H and O–H groups in total. The lowest BCUT2D eigenvalue weighted by Gasteiger charge is -2.31. The number of carbonyl (C=O) groups is 1. The Labute approximate surface area is 148 Å². The summed E-state index contributed by atoms with van der Waals surface area (Å²) < 4.78 is 11.5. The molecule has 0 aliphatic carbocycles. The molecule has 0 saturated heterocycles. The van der Waals surface area contributed by atoms with Gasteiger partial charge in [0.15, 0.2) is 0 Å². The van der Waals surface area contributed by atoms with Gasteiger partial charge in [-0.25, -0.2) is 0 Å². The first-order valence-electron chi connectivity index (χ1n) is 7.87. The van der Waals surface area contributed by atoms with Crippen LogP contribution in [0.15, 0.2) is 18.2 Å². The number of ether oxygens (including phenoxy) is 2. The highest BCUT2D eigenvalue weighted by molar-refractivity contribution is 6.35. The molecule has 1 aromatic carbocycles. The third-order valence-corrected chi connectivity index (χ3v) is 4.34. The highest BCUT2D eigenvalue weighted by Crippen LogP contribution is 2.31. The second-order valence-electron chi connectivity index (χ2n) is 5.66. The van der Waals surface area contributed by atoms with E-state index in [4.69, 9.17) is 38.4 Å². The summed E-state index contributed by atoms with van der Waals surface area (Å²) in [6.45, 7) is 7.56. The Kier molecular flexibility index (Phi) is 8.17. The van der Waals surface area contributed by atoms with Gasteiger partial charge in [-0.15, -0.1) is 0 Å². The van der Waals surface area contributed by atoms with E-state index in [9.17, 15) is 4.79 Å². The Hall–Kier alpha value is -0.970. The van der Waals surface area contributed by atoms with Gasteiger partial charge in [-0.1, -0.05) is 37.0 Å². The minimum atomic E-state index is -0.668. The first-order valence-corrected chi connectivity index (χ1v) is 8.63. The van der Waals surface area contributed by atoms with Crippen LogP contribution in [0.3, 0.4) is 0 Å². The fourth-order valence-electron chi connectivity index (χ4n) is 2.40. The molecule has 0 fully saturated rings. The average molecular weight is 362 g/mol. The standard InChI is InChI=1S/C17H25Cl2NO3/c1-5-12(6-2)16(11(4)22-17(21)10(3)20)23-15-8-7-13(18)9-14(15)19/h7-12,16H,5-6,20H2,1-4H3/t10-,11-,16-/m0/s1. The molecule has 4 nitrogen and oxygen atoms in total. The molecular weight excluding hydrogens is 337 g/mol. The molecule has 0 spiro atoms. The summed E-state index contributed by atoms with van der Waals surface area (Å²) in [5, 5.41) is 0.969. The minimum Gasteiger partial charge on any atom is -0.485 e. The Morgan fingerprint density at radius 2 is 1.83 bits per heavy atom. The topological polar surface area (TPSA) is 61.5 Å². The maximum absolute atomic E-state index is 11.8. The molecule has 0 aromatic heterocycles. The number of benzene rings is 1. The highest BCUT2D eigenvalue weighted by atomic mass is 35.5. The van der Waals surface area contributed by atoms with E-state index >= 15 is 0 Å². The molecule has 0 saturated carbocycles. The Bertz CT molecular complexity index is 519. The monoisotopic (exact) mass is 361 g/mol. The molecule has 0 unspecified atom stereocenters. The van der Waals surface area contributed by atoms with E-state index in [1.54, 1.807) is 25.1 Å². The van der Waals surface area contributed by atoms with Crippen molar-refractivity contribution >= 4 is 29.2 Å². The van der Waals surface area contributed by atoms with Gasteiger partial charge in [0, 0.05) is 5.02 Å². The molecular formula is C17H25Cl2NO3. The van der Waals surface area contributed by atoms with Crippen LogP contribution in [-0.2, 0) is 9.53 Å². The van der Waals surface area contributed by atoms with Gasteiger partial charge in [0.25, 0.3) is 0 Å². The fraction of sp³-hybridized carbons (Fsp3) is 0.588. The maximum Gasteiger partial charge on any atom is 0.323 e.